The standard InChI is InChI=1S/C22H17F3N2O2S2/c1-13-18(31-21(26-13)15-5-7-16(8-6-15)22(23,24)25)12-30-17-4-2-3-14-9-10-27(20(14)17)11-19(28)29/h2-10H,11-12H2,1H3,(H,28,29). The maximum absolute atomic E-state index is 12.8. The van der Waals surface area contributed by atoms with Gasteiger partial charge in [-0.3, -0.25) is 4.79 Å². The van der Waals surface area contributed by atoms with Crippen LogP contribution in [0.5, 0.6) is 0 Å². The van der Waals surface area contributed by atoms with E-state index < -0.39 is 17.7 Å². The normalized spacial score (nSPS) is 11.9. The van der Waals surface area contributed by atoms with Crippen molar-refractivity contribution in [3.63, 3.8) is 0 Å². The number of hydrogen-bond donors (Lipinski definition) is 1. The third-order valence-corrected chi connectivity index (χ3v) is 7.23. The lowest BCUT2D eigenvalue weighted by atomic mass is 10.1. The highest BCUT2D eigenvalue weighted by molar-refractivity contribution is 7.98. The van der Waals surface area contributed by atoms with Crippen molar-refractivity contribution in [1.82, 2.24) is 9.55 Å². The SMILES string of the molecule is Cc1nc(-c2ccc(C(F)(F)F)cc2)sc1CSc1cccc2ccn(CC(=O)O)c12. The Morgan fingerprint density at radius 3 is 2.58 bits per heavy atom. The van der Waals surface area contributed by atoms with Gasteiger partial charge in [-0.1, -0.05) is 24.3 Å². The van der Waals surface area contributed by atoms with Gasteiger partial charge in [0.1, 0.15) is 11.6 Å². The Hall–Kier alpha value is -2.78. The summed E-state index contributed by atoms with van der Waals surface area (Å²) >= 11 is 3.04. The molecule has 0 aliphatic rings. The number of alkyl halides is 3. The summed E-state index contributed by atoms with van der Waals surface area (Å²) in [5, 5.41) is 10.8. The molecule has 9 heteroatoms. The van der Waals surface area contributed by atoms with E-state index in [0.29, 0.717) is 16.3 Å². The van der Waals surface area contributed by atoms with Crippen molar-refractivity contribution in [2.24, 2.45) is 0 Å². The summed E-state index contributed by atoms with van der Waals surface area (Å²) in [5.74, 6) is -0.279. The molecule has 0 saturated heterocycles. The van der Waals surface area contributed by atoms with E-state index in [9.17, 15) is 18.0 Å². The first-order chi connectivity index (χ1) is 14.7. The molecule has 0 saturated carbocycles. The molecular weight excluding hydrogens is 445 g/mol. The molecule has 2 aromatic heterocycles. The summed E-state index contributed by atoms with van der Waals surface area (Å²) in [7, 11) is 0. The molecule has 4 aromatic rings. The van der Waals surface area contributed by atoms with Crippen LogP contribution >= 0.6 is 23.1 Å². The van der Waals surface area contributed by atoms with Crippen molar-refractivity contribution >= 4 is 40.0 Å². The highest BCUT2D eigenvalue weighted by Gasteiger charge is 2.30. The maximum Gasteiger partial charge on any atom is 0.416 e. The molecule has 4 rings (SSSR count). The van der Waals surface area contributed by atoms with E-state index in [2.05, 4.69) is 4.98 Å². The van der Waals surface area contributed by atoms with Crippen LogP contribution in [0.2, 0.25) is 0 Å². The number of carboxylic acids is 1. The predicted molar refractivity (Wildman–Crippen MR) is 116 cm³/mol. The van der Waals surface area contributed by atoms with Crippen LogP contribution in [0.15, 0.2) is 59.6 Å². The van der Waals surface area contributed by atoms with Gasteiger partial charge >= 0.3 is 12.1 Å². The summed E-state index contributed by atoms with van der Waals surface area (Å²) in [6, 6.07) is 12.7. The van der Waals surface area contributed by atoms with Crippen LogP contribution in [0.25, 0.3) is 21.5 Å². The number of carbonyl (C=O) groups is 1. The topological polar surface area (TPSA) is 55.1 Å². The second-order valence-corrected chi connectivity index (χ2v) is 9.02. The predicted octanol–water partition coefficient (Wildman–Crippen LogP) is 6.47. The Morgan fingerprint density at radius 2 is 1.90 bits per heavy atom. The molecule has 0 radical (unpaired) electrons. The Labute approximate surface area is 184 Å². The van der Waals surface area contributed by atoms with Crippen LogP contribution in [0.1, 0.15) is 16.1 Å². The minimum atomic E-state index is -4.36. The molecule has 31 heavy (non-hydrogen) atoms. The van der Waals surface area contributed by atoms with Crippen molar-refractivity contribution in [2.75, 3.05) is 0 Å². The van der Waals surface area contributed by atoms with E-state index in [1.54, 1.807) is 22.5 Å². The third kappa shape index (κ3) is 4.62. The molecule has 0 amide bonds. The van der Waals surface area contributed by atoms with Gasteiger partial charge in [-0.25, -0.2) is 4.98 Å². The number of aryl methyl sites for hydroxylation is 1. The number of fused-ring (bicyclic) bond motifs is 1. The molecular formula is C22H17F3N2O2S2. The fourth-order valence-electron chi connectivity index (χ4n) is 3.25. The summed E-state index contributed by atoms with van der Waals surface area (Å²) in [6.45, 7) is 1.77. The molecule has 0 aliphatic carbocycles. The number of hydrogen-bond acceptors (Lipinski definition) is 4. The van der Waals surface area contributed by atoms with Crippen LogP contribution in [0.4, 0.5) is 13.2 Å². The lowest BCUT2D eigenvalue weighted by molar-refractivity contribution is -0.138. The number of thioether (sulfide) groups is 1. The molecule has 0 atom stereocenters. The Bertz CT molecular complexity index is 1240. The van der Waals surface area contributed by atoms with Gasteiger partial charge in [0.2, 0.25) is 0 Å². The maximum atomic E-state index is 12.8. The summed E-state index contributed by atoms with van der Waals surface area (Å²) in [5.41, 5.74) is 1.67. The average Bonchev–Trinajstić information content (AvgIpc) is 3.29. The van der Waals surface area contributed by atoms with Gasteiger partial charge in [0.25, 0.3) is 0 Å². The fraction of sp³-hybridized carbons (Fsp3) is 0.182. The number of carboxylic acid groups (broad SMARTS) is 1. The van der Waals surface area contributed by atoms with Crippen molar-refractivity contribution in [1.29, 1.82) is 0 Å². The van der Waals surface area contributed by atoms with Gasteiger partial charge in [0.15, 0.2) is 0 Å². The zero-order valence-electron chi connectivity index (χ0n) is 16.3. The van der Waals surface area contributed by atoms with E-state index in [0.717, 1.165) is 38.5 Å². The number of aromatic nitrogens is 2. The molecule has 0 unspecified atom stereocenters. The minimum Gasteiger partial charge on any atom is -0.480 e. The number of thiazole rings is 1. The van der Waals surface area contributed by atoms with Gasteiger partial charge in [-0.2, -0.15) is 13.2 Å². The smallest absolute Gasteiger partial charge is 0.416 e. The Balaban J connectivity index is 1.56. The summed E-state index contributed by atoms with van der Waals surface area (Å²) in [6.07, 6.45) is -2.60. The van der Waals surface area contributed by atoms with Crippen LogP contribution in [-0.2, 0) is 23.3 Å². The summed E-state index contributed by atoms with van der Waals surface area (Å²) < 4.78 is 40.1. The number of nitrogens with zero attached hydrogens (tertiary/aromatic N) is 2. The Morgan fingerprint density at radius 1 is 1.16 bits per heavy atom. The van der Waals surface area contributed by atoms with Crippen LogP contribution in [-0.4, -0.2) is 20.6 Å². The van der Waals surface area contributed by atoms with E-state index in [-0.39, 0.29) is 6.54 Å². The molecule has 0 fully saturated rings. The second kappa shape index (κ2) is 8.39. The largest absolute Gasteiger partial charge is 0.480 e. The van der Waals surface area contributed by atoms with Crippen LogP contribution < -0.4 is 0 Å². The van der Waals surface area contributed by atoms with Crippen molar-refractivity contribution in [2.45, 2.75) is 30.3 Å². The second-order valence-electron chi connectivity index (χ2n) is 6.92. The zero-order valence-corrected chi connectivity index (χ0v) is 17.9. The molecule has 1 N–H and O–H groups in total. The lowest BCUT2D eigenvalue weighted by Gasteiger charge is -2.07. The quantitative estimate of drug-likeness (QED) is 0.334. The molecule has 0 aliphatic heterocycles. The number of para-hydroxylation sites is 1. The average molecular weight is 463 g/mol. The van der Waals surface area contributed by atoms with E-state index >= 15 is 0 Å². The van der Waals surface area contributed by atoms with E-state index in [4.69, 9.17) is 5.11 Å². The third-order valence-electron chi connectivity index (χ3n) is 4.77. The van der Waals surface area contributed by atoms with Crippen molar-refractivity contribution in [3.8, 4) is 10.6 Å². The highest BCUT2D eigenvalue weighted by Crippen LogP contribution is 2.36. The van der Waals surface area contributed by atoms with Crippen LogP contribution in [0, 0.1) is 6.92 Å². The van der Waals surface area contributed by atoms with Gasteiger partial charge in [0, 0.05) is 32.7 Å². The monoisotopic (exact) mass is 462 g/mol. The lowest BCUT2D eigenvalue weighted by Crippen LogP contribution is -2.07. The highest BCUT2D eigenvalue weighted by atomic mass is 32.2. The molecule has 0 spiro atoms. The molecule has 160 valence electrons. The van der Waals surface area contributed by atoms with Gasteiger partial charge in [-0.15, -0.1) is 23.1 Å². The van der Waals surface area contributed by atoms with E-state index in [1.807, 2.05) is 31.2 Å². The summed E-state index contributed by atoms with van der Waals surface area (Å²) in [4.78, 5) is 17.7. The molecule has 4 nitrogen and oxygen atoms in total. The van der Waals surface area contributed by atoms with Crippen LogP contribution in [0.3, 0.4) is 0 Å². The number of aliphatic carboxylic acids is 1. The number of rotatable bonds is 6. The number of benzene rings is 2. The first-order valence-corrected chi connectivity index (χ1v) is 11.1. The minimum absolute atomic E-state index is 0.112. The molecule has 2 aromatic carbocycles. The van der Waals surface area contributed by atoms with Gasteiger partial charge in [-0.05, 0) is 31.2 Å². The van der Waals surface area contributed by atoms with Gasteiger partial charge < -0.3 is 9.67 Å². The van der Waals surface area contributed by atoms with Crippen molar-refractivity contribution < 1.29 is 23.1 Å². The first kappa shape index (κ1) is 21.5. The molecule has 0 bridgehead atoms. The van der Waals surface area contributed by atoms with Gasteiger partial charge in [0.05, 0.1) is 16.8 Å². The number of halogens is 3. The Kier molecular flexibility index (Phi) is 5.81. The first-order valence-electron chi connectivity index (χ1n) is 9.29. The molecule has 2 heterocycles. The zero-order chi connectivity index (χ0) is 22.2. The van der Waals surface area contributed by atoms with E-state index in [1.165, 1.54) is 23.5 Å². The fourth-order valence-corrected chi connectivity index (χ4v) is 5.57. The van der Waals surface area contributed by atoms with Crippen molar-refractivity contribution in [3.05, 3.63) is 70.9 Å².